The van der Waals surface area contributed by atoms with Crippen LogP contribution in [0.4, 0.5) is 5.13 Å². The third kappa shape index (κ3) is 3.96. The molecule has 1 atom stereocenters. The molecular weight excluding hydrogens is 418 g/mol. The van der Waals surface area contributed by atoms with Crippen LogP contribution >= 0.6 is 11.3 Å². The maximum absolute atomic E-state index is 12.9. The molecule has 10 heteroatoms. The third-order valence-corrected chi connectivity index (χ3v) is 6.57. The summed E-state index contributed by atoms with van der Waals surface area (Å²) >= 11 is 1.38. The molecule has 1 fully saturated rings. The van der Waals surface area contributed by atoms with Crippen molar-refractivity contribution >= 4 is 39.2 Å². The number of amides is 2. The highest BCUT2D eigenvalue weighted by Gasteiger charge is 2.27. The maximum atomic E-state index is 12.9. The first-order valence-corrected chi connectivity index (χ1v) is 11.0. The number of thiazole rings is 1. The standard InChI is InChI=1S/C21H21N5O4S/c27-18(11-26-12-22-14-5-2-1-4-13(14)20(26)29)25-8-7-15-17(10-25)31-21(23-15)24-19(28)16-6-3-9-30-16/h1-2,4-5,12,16H,3,6-11H2,(H,23,24,28)/t16-/m1/s1. The lowest BCUT2D eigenvalue weighted by atomic mass is 10.2. The third-order valence-electron chi connectivity index (χ3n) is 5.57. The van der Waals surface area contributed by atoms with E-state index in [2.05, 4.69) is 15.3 Å². The molecule has 1 saturated heterocycles. The number of carbonyl (C=O) groups excluding carboxylic acids is 2. The molecule has 5 rings (SSSR count). The van der Waals surface area contributed by atoms with Gasteiger partial charge in [0.25, 0.3) is 11.5 Å². The number of nitrogens with zero attached hydrogens (tertiary/aromatic N) is 4. The van der Waals surface area contributed by atoms with Crippen molar-refractivity contribution < 1.29 is 14.3 Å². The molecule has 0 unspecified atom stereocenters. The van der Waals surface area contributed by atoms with Crippen molar-refractivity contribution in [2.45, 2.75) is 38.5 Å². The Morgan fingerprint density at radius 3 is 3.00 bits per heavy atom. The zero-order chi connectivity index (χ0) is 21.4. The quantitative estimate of drug-likeness (QED) is 0.661. The topological polar surface area (TPSA) is 106 Å². The lowest BCUT2D eigenvalue weighted by Gasteiger charge is -2.26. The van der Waals surface area contributed by atoms with Gasteiger partial charge in [-0.05, 0) is 25.0 Å². The average molecular weight is 439 g/mol. The molecule has 2 amide bonds. The van der Waals surface area contributed by atoms with Crippen LogP contribution in [0.15, 0.2) is 35.4 Å². The molecule has 1 N–H and O–H groups in total. The predicted octanol–water partition coefficient (Wildman–Crippen LogP) is 1.56. The van der Waals surface area contributed by atoms with Crippen LogP contribution in [0.3, 0.4) is 0 Å². The number of fused-ring (bicyclic) bond motifs is 2. The van der Waals surface area contributed by atoms with Crippen molar-refractivity contribution in [1.82, 2.24) is 19.4 Å². The molecule has 2 aliphatic heterocycles. The Bertz CT molecular complexity index is 1210. The highest BCUT2D eigenvalue weighted by Crippen LogP contribution is 2.29. The number of ether oxygens (including phenoxy) is 1. The molecule has 0 radical (unpaired) electrons. The molecule has 1 aromatic carbocycles. The van der Waals surface area contributed by atoms with Crippen LogP contribution in [0, 0.1) is 0 Å². The van der Waals surface area contributed by atoms with Crippen molar-refractivity contribution in [2.24, 2.45) is 0 Å². The zero-order valence-electron chi connectivity index (χ0n) is 16.7. The van der Waals surface area contributed by atoms with Crippen LogP contribution in [0.25, 0.3) is 10.9 Å². The smallest absolute Gasteiger partial charge is 0.261 e. The van der Waals surface area contributed by atoms with Crippen molar-refractivity contribution in [1.29, 1.82) is 0 Å². The van der Waals surface area contributed by atoms with E-state index in [0.29, 0.717) is 42.2 Å². The van der Waals surface area contributed by atoms with Gasteiger partial charge in [-0.15, -0.1) is 0 Å². The highest BCUT2D eigenvalue weighted by atomic mass is 32.1. The predicted molar refractivity (Wildman–Crippen MR) is 115 cm³/mol. The van der Waals surface area contributed by atoms with Crippen LogP contribution < -0.4 is 10.9 Å². The number of anilines is 1. The monoisotopic (exact) mass is 439 g/mol. The Hall–Kier alpha value is -3.11. The van der Waals surface area contributed by atoms with E-state index < -0.39 is 6.10 Å². The second-order valence-electron chi connectivity index (χ2n) is 7.64. The first kappa shape index (κ1) is 19.8. The van der Waals surface area contributed by atoms with Crippen molar-refractivity contribution in [2.75, 3.05) is 18.5 Å². The average Bonchev–Trinajstić information content (AvgIpc) is 3.45. The number of rotatable bonds is 4. The first-order chi connectivity index (χ1) is 15.1. The number of hydrogen-bond acceptors (Lipinski definition) is 7. The molecule has 2 aliphatic rings. The van der Waals surface area contributed by atoms with Crippen LogP contribution in [0.2, 0.25) is 0 Å². The largest absolute Gasteiger partial charge is 0.368 e. The van der Waals surface area contributed by atoms with Gasteiger partial charge in [0.2, 0.25) is 5.91 Å². The molecule has 160 valence electrons. The summed E-state index contributed by atoms with van der Waals surface area (Å²) in [4.78, 5) is 49.2. The highest BCUT2D eigenvalue weighted by molar-refractivity contribution is 7.15. The number of hydrogen-bond donors (Lipinski definition) is 1. The fourth-order valence-corrected chi connectivity index (χ4v) is 4.92. The Morgan fingerprint density at radius 2 is 2.16 bits per heavy atom. The SMILES string of the molecule is O=C(Nc1nc2c(s1)CN(C(=O)Cn1cnc3ccccc3c1=O)CC2)[C@H]1CCCO1. The fraction of sp³-hybridized carbons (Fsp3) is 0.381. The normalized spacial score (nSPS) is 18.2. The molecule has 0 saturated carbocycles. The molecule has 4 heterocycles. The van der Waals surface area contributed by atoms with Gasteiger partial charge >= 0.3 is 0 Å². The van der Waals surface area contributed by atoms with E-state index in [4.69, 9.17) is 4.74 Å². The fourth-order valence-electron chi connectivity index (χ4n) is 3.90. The molecule has 9 nitrogen and oxygen atoms in total. The van der Waals surface area contributed by atoms with Crippen LogP contribution in [0.5, 0.6) is 0 Å². The summed E-state index contributed by atoms with van der Waals surface area (Å²) in [5.41, 5.74) is 1.29. The summed E-state index contributed by atoms with van der Waals surface area (Å²) in [6, 6.07) is 7.08. The Morgan fingerprint density at radius 1 is 1.29 bits per heavy atom. The van der Waals surface area contributed by atoms with Gasteiger partial charge in [-0.3, -0.25) is 24.3 Å². The lowest BCUT2D eigenvalue weighted by Crippen LogP contribution is -2.39. The summed E-state index contributed by atoms with van der Waals surface area (Å²) in [6.07, 6.45) is 3.23. The summed E-state index contributed by atoms with van der Waals surface area (Å²) in [5.74, 6) is -0.317. The number of para-hydroxylation sites is 1. The van der Waals surface area contributed by atoms with E-state index in [1.165, 1.54) is 22.2 Å². The molecule has 3 aromatic rings. The van der Waals surface area contributed by atoms with E-state index in [1.807, 2.05) is 6.07 Å². The van der Waals surface area contributed by atoms with E-state index in [-0.39, 0.29) is 23.9 Å². The number of nitrogens with one attached hydrogen (secondary N) is 1. The van der Waals surface area contributed by atoms with Gasteiger partial charge in [0.05, 0.1) is 29.5 Å². The Labute approximate surface area is 181 Å². The van der Waals surface area contributed by atoms with Gasteiger partial charge in [0.15, 0.2) is 5.13 Å². The van der Waals surface area contributed by atoms with Gasteiger partial charge in [0, 0.05) is 24.4 Å². The second-order valence-corrected chi connectivity index (χ2v) is 8.72. The van der Waals surface area contributed by atoms with Crippen molar-refractivity contribution in [3.8, 4) is 0 Å². The minimum Gasteiger partial charge on any atom is -0.368 e. The van der Waals surface area contributed by atoms with Gasteiger partial charge < -0.3 is 9.64 Å². The summed E-state index contributed by atoms with van der Waals surface area (Å²) < 4.78 is 6.76. The van der Waals surface area contributed by atoms with Gasteiger partial charge in [0.1, 0.15) is 12.6 Å². The van der Waals surface area contributed by atoms with E-state index in [9.17, 15) is 14.4 Å². The Kier molecular flexibility index (Phi) is 5.24. The molecular formula is C21H21N5O4S. The van der Waals surface area contributed by atoms with Crippen LogP contribution in [-0.4, -0.2) is 50.5 Å². The van der Waals surface area contributed by atoms with Crippen molar-refractivity contribution in [3.63, 3.8) is 0 Å². The number of benzene rings is 1. The number of aromatic nitrogens is 3. The first-order valence-electron chi connectivity index (χ1n) is 10.2. The number of carbonyl (C=O) groups is 2. The van der Waals surface area contributed by atoms with Crippen LogP contribution in [0.1, 0.15) is 23.4 Å². The molecule has 0 spiro atoms. The molecule has 0 aliphatic carbocycles. The van der Waals surface area contributed by atoms with Gasteiger partial charge in [-0.2, -0.15) is 0 Å². The molecule has 2 aromatic heterocycles. The molecule has 31 heavy (non-hydrogen) atoms. The Balaban J connectivity index is 1.27. The van der Waals surface area contributed by atoms with Crippen LogP contribution in [-0.2, 0) is 33.8 Å². The summed E-state index contributed by atoms with van der Waals surface area (Å²) in [7, 11) is 0. The summed E-state index contributed by atoms with van der Waals surface area (Å²) in [5, 5.41) is 3.87. The van der Waals surface area contributed by atoms with Gasteiger partial charge in [-0.25, -0.2) is 9.97 Å². The van der Waals surface area contributed by atoms with Crippen molar-refractivity contribution in [3.05, 3.63) is 51.5 Å². The van der Waals surface area contributed by atoms with E-state index >= 15 is 0 Å². The van der Waals surface area contributed by atoms with E-state index in [0.717, 1.165) is 23.4 Å². The maximum Gasteiger partial charge on any atom is 0.261 e. The zero-order valence-corrected chi connectivity index (χ0v) is 17.6. The minimum atomic E-state index is -0.409. The van der Waals surface area contributed by atoms with E-state index in [1.54, 1.807) is 23.1 Å². The summed E-state index contributed by atoms with van der Waals surface area (Å²) in [6.45, 7) is 1.48. The minimum absolute atomic E-state index is 0.0621. The molecule has 0 bridgehead atoms. The second kappa shape index (κ2) is 8.20. The van der Waals surface area contributed by atoms with Gasteiger partial charge in [-0.1, -0.05) is 23.5 Å². The lowest BCUT2D eigenvalue weighted by molar-refractivity contribution is -0.132.